The van der Waals surface area contributed by atoms with E-state index in [-0.39, 0.29) is 22.6 Å². The molecule has 206 valence electrons. The van der Waals surface area contributed by atoms with Crippen LogP contribution in [0.25, 0.3) is 0 Å². The van der Waals surface area contributed by atoms with Crippen LogP contribution in [-0.4, -0.2) is 54.2 Å². The number of carboxylic acids is 1. The van der Waals surface area contributed by atoms with Crippen LogP contribution in [-0.2, 0) is 21.4 Å². The summed E-state index contributed by atoms with van der Waals surface area (Å²) in [6.07, 6.45) is -5.08. The molecular formula is C23H23F5N4O4S2. The largest absolute Gasteiger partial charge is 0.490 e. The Morgan fingerprint density at radius 3 is 2.34 bits per heavy atom. The van der Waals surface area contributed by atoms with Crippen molar-refractivity contribution >= 4 is 38.8 Å². The molecule has 15 heteroatoms. The maximum absolute atomic E-state index is 15.0. The van der Waals surface area contributed by atoms with Gasteiger partial charge in [-0.3, -0.25) is 9.62 Å². The lowest BCUT2D eigenvalue weighted by molar-refractivity contribution is -0.192. The molecular weight excluding hydrogens is 555 g/mol. The Bertz CT molecular complexity index is 1380. The number of nitrogens with zero attached hydrogens (tertiary/aromatic N) is 2. The van der Waals surface area contributed by atoms with Gasteiger partial charge in [0.05, 0.1) is 11.0 Å². The Morgan fingerprint density at radius 2 is 1.82 bits per heavy atom. The number of carbonyl (C=O) groups is 1. The molecule has 3 aromatic rings. The number of aliphatic carboxylic acids is 1. The van der Waals surface area contributed by atoms with Crippen molar-refractivity contribution < 1.29 is 40.3 Å². The van der Waals surface area contributed by atoms with Crippen LogP contribution in [0.1, 0.15) is 18.1 Å². The fraction of sp³-hybridized carbons (Fsp3) is 0.304. The minimum atomic E-state index is -5.08. The molecule has 0 aliphatic carbocycles. The van der Waals surface area contributed by atoms with Gasteiger partial charge >= 0.3 is 12.1 Å². The number of halogens is 5. The molecule has 1 fully saturated rings. The molecule has 38 heavy (non-hydrogen) atoms. The summed E-state index contributed by atoms with van der Waals surface area (Å²) in [6, 6.07) is 11.1. The molecule has 4 rings (SSSR count). The van der Waals surface area contributed by atoms with Crippen molar-refractivity contribution in [2.24, 2.45) is 0 Å². The first-order valence-corrected chi connectivity index (χ1v) is 13.3. The van der Waals surface area contributed by atoms with E-state index in [1.165, 1.54) is 34.7 Å². The van der Waals surface area contributed by atoms with Crippen LogP contribution in [0, 0.1) is 18.6 Å². The molecule has 1 aromatic heterocycles. The number of hydrogen-bond donors (Lipinski definition) is 3. The lowest BCUT2D eigenvalue weighted by Crippen LogP contribution is -2.63. The molecule has 1 aliphatic heterocycles. The third-order valence-corrected chi connectivity index (χ3v) is 7.41. The summed E-state index contributed by atoms with van der Waals surface area (Å²) in [5, 5.41) is 11.8. The molecule has 3 N–H and O–H groups in total. The topological polar surface area (TPSA) is 112 Å². The minimum absolute atomic E-state index is 0.0177. The van der Waals surface area contributed by atoms with Gasteiger partial charge in [0.25, 0.3) is 10.0 Å². The number of carboxylic acid groups (broad SMARTS) is 1. The normalized spacial score (nSPS) is 15.1. The second-order valence-electron chi connectivity index (χ2n) is 8.77. The van der Waals surface area contributed by atoms with Crippen molar-refractivity contribution in [3.8, 4) is 0 Å². The van der Waals surface area contributed by atoms with Gasteiger partial charge in [-0.05, 0) is 25.5 Å². The summed E-state index contributed by atoms with van der Waals surface area (Å²) < 4.78 is 88.6. The molecule has 1 aliphatic rings. The van der Waals surface area contributed by atoms with Crippen LogP contribution in [0.4, 0.5) is 33.5 Å². The first-order chi connectivity index (χ1) is 17.6. The third-order valence-electron chi connectivity index (χ3n) is 5.43. The molecule has 0 spiro atoms. The molecule has 0 amide bonds. The molecule has 2 heterocycles. The number of alkyl halides is 3. The van der Waals surface area contributed by atoms with Crippen molar-refractivity contribution in [1.29, 1.82) is 0 Å². The van der Waals surface area contributed by atoms with Crippen LogP contribution in [0.3, 0.4) is 0 Å². The predicted molar refractivity (Wildman–Crippen MR) is 131 cm³/mol. The van der Waals surface area contributed by atoms with Gasteiger partial charge in [0.1, 0.15) is 5.82 Å². The van der Waals surface area contributed by atoms with E-state index in [2.05, 4.69) is 32.1 Å². The summed E-state index contributed by atoms with van der Waals surface area (Å²) in [5.74, 6) is -5.01. The summed E-state index contributed by atoms with van der Waals surface area (Å²) in [4.78, 5) is 13.9. The predicted octanol–water partition coefficient (Wildman–Crippen LogP) is 4.85. The number of likely N-dealkylation sites (tertiary alicyclic amines) is 1. The van der Waals surface area contributed by atoms with Crippen LogP contribution in [0.2, 0.25) is 0 Å². The van der Waals surface area contributed by atoms with Crippen molar-refractivity contribution in [1.82, 2.24) is 9.88 Å². The van der Waals surface area contributed by atoms with Crippen LogP contribution < -0.4 is 10.0 Å². The smallest absolute Gasteiger partial charge is 0.475 e. The SMILES string of the molecule is Cc1c(NC2(C)CN(Cc3ccccc3)C2)cc(F)c(S(=O)(=O)Nc2cscn2)c1F.O=C(O)C(F)(F)F. The highest BCUT2D eigenvalue weighted by atomic mass is 32.2. The van der Waals surface area contributed by atoms with Gasteiger partial charge < -0.3 is 10.4 Å². The van der Waals surface area contributed by atoms with Crippen molar-refractivity contribution in [3.63, 3.8) is 0 Å². The van der Waals surface area contributed by atoms with E-state index in [9.17, 15) is 30.4 Å². The number of rotatable bonds is 7. The molecule has 0 bridgehead atoms. The number of thiazole rings is 1. The summed E-state index contributed by atoms with van der Waals surface area (Å²) in [7, 11) is -4.45. The number of anilines is 2. The van der Waals surface area contributed by atoms with Crippen LogP contribution in [0.5, 0.6) is 0 Å². The number of benzene rings is 2. The van der Waals surface area contributed by atoms with E-state index in [1.54, 1.807) is 0 Å². The second kappa shape index (κ2) is 11.2. The maximum atomic E-state index is 15.0. The van der Waals surface area contributed by atoms with Crippen molar-refractivity contribution in [3.05, 3.63) is 70.1 Å². The highest BCUT2D eigenvalue weighted by Gasteiger charge is 2.40. The number of hydrogen-bond acceptors (Lipinski definition) is 7. The maximum Gasteiger partial charge on any atom is 0.490 e. The zero-order chi connectivity index (χ0) is 28.3. The van der Waals surface area contributed by atoms with Crippen molar-refractivity contribution in [2.75, 3.05) is 23.1 Å². The molecule has 0 radical (unpaired) electrons. The first-order valence-electron chi connectivity index (χ1n) is 10.9. The third kappa shape index (κ3) is 7.17. The zero-order valence-electron chi connectivity index (χ0n) is 20.0. The van der Waals surface area contributed by atoms with Gasteiger partial charge in [-0.25, -0.2) is 27.0 Å². The van der Waals surface area contributed by atoms with Crippen molar-refractivity contribution in [2.45, 2.75) is 37.0 Å². The van der Waals surface area contributed by atoms with Crippen LogP contribution >= 0.6 is 11.3 Å². The monoisotopic (exact) mass is 578 g/mol. The van der Waals surface area contributed by atoms with Gasteiger partial charge in [-0.1, -0.05) is 30.3 Å². The zero-order valence-corrected chi connectivity index (χ0v) is 21.6. The van der Waals surface area contributed by atoms with Gasteiger partial charge in [-0.15, -0.1) is 11.3 Å². The average molecular weight is 579 g/mol. The van der Waals surface area contributed by atoms with Gasteiger partial charge in [0.2, 0.25) is 0 Å². The molecule has 0 saturated carbocycles. The molecule has 0 atom stereocenters. The lowest BCUT2D eigenvalue weighted by Gasteiger charge is -2.49. The molecule has 1 saturated heterocycles. The second-order valence-corrected chi connectivity index (χ2v) is 11.1. The van der Waals surface area contributed by atoms with E-state index in [4.69, 9.17) is 9.90 Å². The Balaban J connectivity index is 0.000000505. The standard InChI is InChI=1S/C21H22F2N4O2S2.C2HF3O2/c1-14-17(25-21(2)11-27(12-21)9-15-6-4-3-5-7-15)8-16(22)20(19(14)23)31(28,29)26-18-10-30-13-24-18;3-2(4,5)1(6)7/h3-8,10,13,25-26H,9,11-12H2,1-2H3;(H,6,7). The van der Waals surface area contributed by atoms with E-state index >= 15 is 0 Å². The van der Waals surface area contributed by atoms with Gasteiger partial charge in [0, 0.05) is 36.3 Å². The quantitative estimate of drug-likeness (QED) is 0.344. The number of nitrogens with one attached hydrogen (secondary N) is 2. The molecule has 2 aromatic carbocycles. The molecule has 0 unspecified atom stereocenters. The van der Waals surface area contributed by atoms with E-state index in [0.717, 1.165) is 12.6 Å². The number of aromatic nitrogens is 1. The minimum Gasteiger partial charge on any atom is -0.475 e. The highest BCUT2D eigenvalue weighted by Crippen LogP contribution is 2.33. The Morgan fingerprint density at radius 1 is 1.21 bits per heavy atom. The summed E-state index contributed by atoms with van der Waals surface area (Å²) in [6.45, 7) is 5.58. The average Bonchev–Trinajstić information content (AvgIpc) is 3.29. The lowest BCUT2D eigenvalue weighted by atomic mass is 9.90. The Hall–Kier alpha value is -3.30. The Kier molecular flexibility index (Phi) is 8.63. The van der Waals surface area contributed by atoms with E-state index < -0.39 is 38.7 Å². The summed E-state index contributed by atoms with van der Waals surface area (Å²) in [5.41, 5.74) is 2.52. The van der Waals surface area contributed by atoms with Gasteiger partial charge in [-0.2, -0.15) is 13.2 Å². The van der Waals surface area contributed by atoms with E-state index in [1.807, 2.05) is 25.1 Å². The van der Waals surface area contributed by atoms with Gasteiger partial charge in [0.15, 0.2) is 16.5 Å². The fourth-order valence-electron chi connectivity index (χ4n) is 3.82. The Labute approximate surface area is 219 Å². The molecule has 8 nitrogen and oxygen atoms in total. The first kappa shape index (κ1) is 29.3. The fourth-order valence-corrected chi connectivity index (χ4v) is 5.57. The van der Waals surface area contributed by atoms with E-state index in [0.29, 0.717) is 13.1 Å². The number of sulfonamides is 1. The highest BCUT2D eigenvalue weighted by molar-refractivity contribution is 7.92. The van der Waals surface area contributed by atoms with Crippen LogP contribution in [0.15, 0.2) is 52.2 Å². The summed E-state index contributed by atoms with van der Waals surface area (Å²) >= 11 is 1.17.